The van der Waals surface area contributed by atoms with Crippen molar-refractivity contribution in [1.29, 1.82) is 0 Å². The summed E-state index contributed by atoms with van der Waals surface area (Å²) in [4.78, 5) is 102. The summed E-state index contributed by atoms with van der Waals surface area (Å²) in [5.41, 5.74) is 13.7. The first kappa shape index (κ1) is 75.1. The summed E-state index contributed by atoms with van der Waals surface area (Å²) in [6.45, 7) is 7.52. The normalized spacial score (nSPS) is 21.3. The first-order chi connectivity index (χ1) is 52.6. The smallest absolute Gasteiger partial charge is 0.325 e. The first-order valence-electron chi connectivity index (χ1n) is 40.5. The Morgan fingerprint density at radius 3 is 0.963 bits per heavy atom. The van der Waals surface area contributed by atoms with E-state index in [0.717, 1.165) is 161 Å². The second-order valence-corrected chi connectivity index (χ2v) is 33.1. The number of carbonyl (C=O) groups excluding carboxylic acids is 3. The highest BCUT2D eigenvalue weighted by atomic mass is 35.5. The van der Waals surface area contributed by atoms with Gasteiger partial charge in [0.05, 0.1) is 30.0 Å². The van der Waals surface area contributed by atoms with Gasteiger partial charge in [0, 0.05) is 129 Å². The Hall–Kier alpha value is -8.30. The third kappa shape index (κ3) is 18.1. The highest BCUT2D eigenvalue weighted by Crippen LogP contribution is 2.42. The SMILES string of the molecule is O=C(O)[C@@H](c1ccccc1Cl)N1CC(C(=O)N2CCC(Cc3ccc4c(n3)CCCC4)CC2)C1.O=C(O)[C@@H](c1ccccc1OC1CC1)N1CC(C(=O)N2CCC(Cc3ccc4c(n3)CCCC4)CC2)C1.O=C(O)[C@H](c1ccccc1OC1CC1)N1CC(C(=O)N2CCC(Cc3ccc4c(n3)CCCC4)CC2)C1. The van der Waals surface area contributed by atoms with E-state index in [1.165, 1.54) is 89.4 Å². The Morgan fingerprint density at radius 2 is 0.657 bits per heavy atom. The number of hydrogen-bond acceptors (Lipinski definition) is 14. The number of nitrogens with zero attached hydrogens (tertiary/aromatic N) is 9. The molecule has 6 aromatic rings. The highest BCUT2D eigenvalue weighted by molar-refractivity contribution is 6.31. The van der Waals surface area contributed by atoms with Crippen LogP contribution >= 0.6 is 11.6 Å². The van der Waals surface area contributed by atoms with Crippen LogP contribution in [-0.2, 0) is 86.6 Å². The topological polar surface area (TPSA) is 240 Å². The van der Waals surface area contributed by atoms with Crippen LogP contribution in [0.1, 0.15) is 188 Å². The van der Waals surface area contributed by atoms with Gasteiger partial charge in [-0.3, -0.25) is 58.4 Å². The number of likely N-dealkylation sites (tertiary alicyclic amines) is 6. The largest absolute Gasteiger partial charge is 0.490 e. The quantitative estimate of drug-likeness (QED) is 0.0572. The van der Waals surface area contributed by atoms with E-state index in [0.29, 0.717) is 90.2 Å². The molecule has 2 saturated carbocycles. The third-order valence-corrected chi connectivity index (χ3v) is 25.2. The van der Waals surface area contributed by atoms with Gasteiger partial charge in [0.25, 0.3) is 0 Å². The van der Waals surface area contributed by atoms with Crippen molar-refractivity contribution < 1.29 is 53.6 Å². The van der Waals surface area contributed by atoms with E-state index in [4.69, 9.17) is 36.0 Å². The minimum atomic E-state index is -0.935. The van der Waals surface area contributed by atoms with Crippen molar-refractivity contribution in [2.75, 3.05) is 78.5 Å². The predicted molar refractivity (Wildman–Crippen MR) is 410 cm³/mol. The zero-order valence-electron chi connectivity index (χ0n) is 62.4. The van der Waals surface area contributed by atoms with Crippen LogP contribution in [0, 0.1) is 35.5 Å². The van der Waals surface area contributed by atoms with Gasteiger partial charge in [0.1, 0.15) is 29.6 Å². The lowest BCUT2D eigenvalue weighted by atomic mass is 9.88. The van der Waals surface area contributed by atoms with Crippen LogP contribution in [0.5, 0.6) is 11.5 Å². The Kier molecular flexibility index (Phi) is 23.9. The lowest BCUT2D eigenvalue weighted by Gasteiger charge is -2.44. The number of aliphatic carboxylic acids is 3. The van der Waals surface area contributed by atoms with Gasteiger partial charge in [-0.15, -0.1) is 0 Å². The van der Waals surface area contributed by atoms with E-state index in [1.54, 1.807) is 24.3 Å². The summed E-state index contributed by atoms with van der Waals surface area (Å²) >= 11 is 6.25. The number of ether oxygens (including phenoxy) is 2. The van der Waals surface area contributed by atoms with Gasteiger partial charge >= 0.3 is 17.9 Å². The van der Waals surface area contributed by atoms with Crippen LogP contribution in [0.25, 0.3) is 0 Å². The van der Waals surface area contributed by atoms with Gasteiger partial charge in [-0.05, 0) is 237 Å². The maximum atomic E-state index is 13.2. The molecule has 17 rings (SSSR count). The molecule has 11 aliphatic rings. The zero-order valence-corrected chi connectivity index (χ0v) is 63.2. The maximum Gasteiger partial charge on any atom is 0.325 e. The molecule has 108 heavy (non-hydrogen) atoms. The van der Waals surface area contributed by atoms with Gasteiger partial charge < -0.3 is 39.5 Å². The van der Waals surface area contributed by atoms with Crippen LogP contribution in [0.3, 0.4) is 0 Å². The van der Waals surface area contributed by atoms with Crippen molar-refractivity contribution in [2.45, 2.75) is 191 Å². The molecule has 3 atom stereocenters. The van der Waals surface area contributed by atoms with E-state index in [1.807, 2.05) is 77.9 Å². The number of hydrogen-bond donors (Lipinski definition) is 3. The average Bonchev–Trinajstić information content (AvgIpc) is 1.67. The van der Waals surface area contributed by atoms with Crippen molar-refractivity contribution in [3.05, 3.63) is 182 Å². The summed E-state index contributed by atoms with van der Waals surface area (Å²) in [5.74, 6) is 0.396. The van der Waals surface area contributed by atoms with Crippen LogP contribution in [-0.4, -0.2) is 186 Å². The van der Waals surface area contributed by atoms with Gasteiger partial charge in [-0.2, -0.15) is 0 Å². The second kappa shape index (κ2) is 34.3. The molecule has 3 aromatic heterocycles. The Bertz CT molecular complexity index is 4020. The number of halogens is 1. The number of amides is 3. The summed E-state index contributed by atoms with van der Waals surface area (Å²) in [7, 11) is 0. The summed E-state index contributed by atoms with van der Waals surface area (Å²) in [5, 5.41) is 30.3. The van der Waals surface area contributed by atoms with Crippen LogP contribution in [0.4, 0.5) is 0 Å². The molecule has 20 nitrogen and oxygen atoms in total. The molecule has 572 valence electrons. The second-order valence-electron chi connectivity index (χ2n) is 32.7. The monoisotopic (exact) mass is 1490 g/mol. The lowest BCUT2D eigenvalue weighted by molar-refractivity contribution is -0.153. The molecule has 9 heterocycles. The number of aromatic nitrogens is 3. The molecule has 3 aromatic carbocycles. The van der Waals surface area contributed by atoms with Gasteiger partial charge in [0.15, 0.2) is 0 Å². The first-order valence-corrected chi connectivity index (χ1v) is 40.9. The minimum Gasteiger partial charge on any atom is -0.490 e. The summed E-state index contributed by atoms with van der Waals surface area (Å²) in [6, 6.07) is 33.0. The molecule has 8 fully saturated rings. The van der Waals surface area contributed by atoms with Gasteiger partial charge in [0.2, 0.25) is 17.7 Å². The number of fused-ring (bicyclic) bond motifs is 3. The van der Waals surface area contributed by atoms with Crippen molar-refractivity contribution in [3.63, 3.8) is 0 Å². The Morgan fingerprint density at radius 1 is 0.370 bits per heavy atom. The predicted octanol–water partition coefficient (Wildman–Crippen LogP) is 12.2. The van der Waals surface area contributed by atoms with Crippen LogP contribution in [0.15, 0.2) is 109 Å². The highest BCUT2D eigenvalue weighted by Gasteiger charge is 2.47. The number of rotatable bonds is 22. The molecule has 6 aliphatic heterocycles. The van der Waals surface area contributed by atoms with E-state index in [2.05, 4.69) is 36.4 Å². The average molecular weight is 1490 g/mol. The molecule has 0 bridgehead atoms. The molecule has 3 N–H and O–H groups in total. The number of pyridine rings is 3. The number of aryl methyl sites for hydroxylation is 6. The Balaban J connectivity index is 0.000000129. The zero-order chi connectivity index (χ0) is 74.4. The molecule has 0 unspecified atom stereocenters. The fraction of sp³-hybridized carbons (Fsp3) is 0.552. The van der Waals surface area contributed by atoms with Gasteiger partial charge in [-0.1, -0.05) is 84.4 Å². The van der Waals surface area contributed by atoms with E-state index < -0.39 is 36.0 Å². The third-order valence-electron chi connectivity index (χ3n) is 24.8. The van der Waals surface area contributed by atoms with Gasteiger partial charge in [-0.25, -0.2) is 0 Å². The number of benzene rings is 3. The van der Waals surface area contributed by atoms with Crippen molar-refractivity contribution >= 4 is 47.2 Å². The maximum absolute atomic E-state index is 13.2. The lowest BCUT2D eigenvalue weighted by Crippen LogP contribution is -2.57. The standard InChI is InChI=1S/2C30H37N3O4.C27H32ClN3O3/c2*34-29(32-15-13-20(14-16-32)17-23-10-9-21-5-1-3-7-26(21)31-23)22-18-33(19-22)28(30(35)36)25-6-2-4-8-27(25)37-24-11-12-24;28-23-7-3-2-6-22(23)25(27(33)34)31-16-20(17-31)26(32)30-13-11-18(12-14-30)15-21-10-9-19-5-1-4-8-24(19)29-21/h2*2,4,6,8-10,20,22,24,28H,1,3,5,7,11-19H2,(H,35,36);2-3,6-7,9-10,18,20,25H,1,4-5,8,11-17H2,(H,33,34)/t2*28-;25-/m101/s1. The molecule has 0 spiro atoms. The van der Waals surface area contributed by atoms with Crippen molar-refractivity contribution in [3.8, 4) is 11.5 Å². The van der Waals surface area contributed by atoms with Crippen molar-refractivity contribution in [1.82, 2.24) is 44.4 Å². The molecule has 0 radical (unpaired) electrons. The number of para-hydroxylation sites is 2. The summed E-state index contributed by atoms with van der Waals surface area (Å²) < 4.78 is 12.0. The number of piperidine rings is 3. The molecular weight excluding hydrogens is 1380 g/mol. The van der Waals surface area contributed by atoms with E-state index in [-0.39, 0.29) is 47.7 Å². The van der Waals surface area contributed by atoms with Crippen molar-refractivity contribution in [2.24, 2.45) is 35.5 Å². The summed E-state index contributed by atoms with van der Waals surface area (Å²) in [6.07, 6.45) is 27.8. The fourth-order valence-corrected chi connectivity index (χ4v) is 18.3. The molecule has 3 amide bonds. The molecule has 5 aliphatic carbocycles. The number of carbonyl (C=O) groups is 6. The minimum absolute atomic E-state index is 0.128. The molecule has 21 heteroatoms. The van der Waals surface area contributed by atoms with E-state index >= 15 is 0 Å². The molecular formula is C87H106ClN9O11. The van der Waals surface area contributed by atoms with Crippen LogP contribution < -0.4 is 9.47 Å². The van der Waals surface area contributed by atoms with E-state index in [9.17, 15) is 44.1 Å². The van der Waals surface area contributed by atoms with Crippen LogP contribution in [0.2, 0.25) is 5.02 Å². The molecule has 6 saturated heterocycles. The Labute approximate surface area is 639 Å². The number of carboxylic acid groups (broad SMARTS) is 3. The number of carboxylic acids is 3. The fourth-order valence-electron chi connectivity index (χ4n) is 18.1.